The molecule has 1 aliphatic rings. The number of hydrogen-bond donors (Lipinski definition) is 0. The Balaban J connectivity index is 2.25. The number of rotatable bonds is 5. The molecule has 0 bridgehead atoms. The molecule has 27 heavy (non-hydrogen) atoms. The third kappa shape index (κ3) is 3.18. The normalized spacial score (nSPS) is 14.8. The Morgan fingerprint density at radius 1 is 0.926 bits per heavy atom. The number of methoxy groups -OCH3 is 4. The van der Waals surface area contributed by atoms with E-state index in [2.05, 4.69) is 0 Å². The van der Waals surface area contributed by atoms with Gasteiger partial charge in [0.2, 0.25) is 5.75 Å². The Morgan fingerprint density at radius 3 is 2.15 bits per heavy atom. The summed E-state index contributed by atoms with van der Waals surface area (Å²) in [5.74, 6) is 1.82. The lowest BCUT2D eigenvalue weighted by atomic mass is 9.90. The van der Waals surface area contributed by atoms with Crippen LogP contribution in [0.5, 0.6) is 23.0 Å². The van der Waals surface area contributed by atoms with E-state index < -0.39 is 0 Å². The Bertz CT molecular complexity index is 896. The Morgan fingerprint density at radius 2 is 1.59 bits per heavy atom. The molecule has 1 aliphatic heterocycles. The van der Waals surface area contributed by atoms with Crippen molar-refractivity contribution >= 4 is 17.1 Å². The standard InChI is InChI=1S/C21H22O6/c1-12(13-6-8-14(23-2)9-7-13)18-15-10-17(24-3)20(26-5)19(25-4)16(15)11-27-21(18)22/h6-10H,11H2,1-5H3/b18-12+. The minimum absolute atomic E-state index is 0.108. The van der Waals surface area contributed by atoms with Crippen molar-refractivity contribution in [2.75, 3.05) is 28.4 Å². The molecule has 0 N–H and O–H groups in total. The first-order valence-corrected chi connectivity index (χ1v) is 8.40. The van der Waals surface area contributed by atoms with Crippen LogP contribution in [-0.4, -0.2) is 34.4 Å². The van der Waals surface area contributed by atoms with E-state index in [9.17, 15) is 4.79 Å². The van der Waals surface area contributed by atoms with Crippen LogP contribution in [-0.2, 0) is 16.1 Å². The molecule has 2 aromatic rings. The van der Waals surface area contributed by atoms with Crippen molar-refractivity contribution in [1.29, 1.82) is 0 Å². The van der Waals surface area contributed by atoms with Crippen LogP contribution in [0.3, 0.4) is 0 Å². The first-order valence-electron chi connectivity index (χ1n) is 8.40. The molecule has 0 spiro atoms. The molecule has 142 valence electrons. The van der Waals surface area contributed by atoms with E-state index in [1.165, 1.54) is 0 Å². The highest BCUT2D eigenvalue weighted by Crippen LogP contribution is 2.47. The molecule has 6 heteroatoms. The highest BCUT2D eigenvalue weighted by atomic mass is 16.5. The predicted octanol–water partition coefficient (Wildman–Crippen LogP) is 3.71. The molecular weight excluding hydrogens is 348 g/mol. The van der Waals surface area contributed by atoms with Gasteiger partial charge in [0.1, 0.15) is 12.4 Å². The fraction of sp³-hybridized carbons (Fsp3) is 0.286. The maximum absolute atomic E-state index is 12.6. The summed E-state index contributed by atoms with van der Waals surface area (Å²) in [5, 5.41) is 0. The summed E-state index contributed by atoms with van der Waals surface area (Å²) in [4.78, 5) is 12.6. The maximum Gasteiger partial charge on any atom is 0.339 e. The zero-order valence-electron chi connectivity index (χ0n) is 16.0. The highest BCUT2D eigenvalue weighted by Gasteiger charge is 2.31. The minimum Gasteiger partial charge on any atom is -0.497 e. The topological polar surface area (TPSA) is 63.2 Å². The molecule has 6 nitrogen and oxygen atoms in total. The molecule has 0 aromatic heterocycles. The number of esters is 1. The second kappa shape index (κ2) is 7.61. The average Bonchev–Trinajstić information content (AvgIpc) is 2.71. The largest absolute Gasteiger partial charge is 0.497 e. The lowest BCUT2D eigenvalue weighted by Crippen LogP contribution is -2.18. The lowest BCUT2D eigenvalue weighted by Gasteiger charge is -2.25. The zero-order chi connectivity index (χ0) is 19.6. The van der Waals surface area contributed by atoms with Gasteiger partial charge < -0.3 is 23.7 Å². The van der Waals surface area contributed by atoms with Gasteiger partial charge in [-0.15, -0.1) is 0 Å². The van der Waals surface area contributed by atoms with E-state index in [0.717, 1.165) is 22.4 Å². The van der Waals surface area contributed by atoms with E-state index in [1.807, 2.05) is 31.2 Å². The molecule has 0 aliphatic carbocycles. The fourth-order valence-corrected chi connectivity index (χ4v) is 3.24. The van der Waals surface area contributed by atoms with Crippen molar-refractivity contribution in [2.24, 2.45) is 0 Å². The molecule has 0 saturated heterocycles. The third-order valence-electron chi connectivity index (χ3n) is 4.65. The van der Waals surface area contributed by atoms with Crippen LogP contribution in [0.15, 0.2) is 30.3 Å². The van der Waals surface area contributed by atoms with Crippen LogP contribution in [0.2, 0.25) is 0 Å². The molecule has 0 unspecified atom stereocenters. The summed E-state index contributed by atoms with van der Waals surface area (Å²) in [6.45, 7) is 1.99. The van der Waals surface area contributed by atoms with Crippen LogP contribution in [0.25, 0.3) is 11.1 Å². The fourth-order valence-electron chi connectivity index (χ4n) is 3.24. The first-order chi connectivity index (χ1) is 13.0. The second-order valence-electron chi connectivity index (χ2n) is 5.98. The summed E-state index contributed by atoms with van der Waals surface area (Å²) in [5.41, 5.74) is 3.62. The van der Waals surface area contributed by atoms with Gasteiger partial charge in [0.05, 0.1) is 34.0 Å². The van der Waals surface area contributed by atoms with Gasteiger partial charge in [-0.25, -0.2) is 4.79 Å². The summed E-state index contributed by atoms with van der Waals surface area (Å²) in [7, 11) is 6.25. The van der Waals surface area contributed by atoms with Crippen molar-refractivity contribution in [3.8, 4) is 23.0 Å². The van der Waals surface area contributed by atoms with Crippen molar-refractivity contribution in [3.63, 3.8) is 0 Å². The van der Waals surface area contributed by atoms with E-state index in [0.29, 0.717) is 28.4 Å². The van der Waals surface area contributed by atoms with Crippen LogP contribution >= 0.6 is 0 Å². The minimum atomic E-state index is -0.384. The number of benzene rings is 2. The Hall–Kier alpha value is -3.15. The monoisotopic (exact) mass is 370 g/mol. The second-order valence-corrected chi connectivity index (χ2v) is 5.98. The van der Waals surface area contributed by atoms with E-state index in [4.69, 9.17) is 23.7 Å². The van der Waals surface area contributed by atoms with Crippen molar-refractivity contribution in [3.05, 3.63) is 47.0 Å². The predicted molar refractivity (Wildman–Crippen MR) is 101 cm³/mol. The number of hydrogen-bond acceptors (Lipinski definition) is 6. The van der Waals surface area contributed by atoms with Gasteiger partial charge in [0, 0.05) is 11.1 Å². The number of fused-ring (bicyclic) bond motifs is 1. The average molecular weight is 370 g/mol. The van der Waals surface area contributed by atoms with Gasteiger partial charge >= 0.3 is 5.97 Å². The Labute approximate surface area is 158 Å². The molecule has 0 atom stereocenters. The van der Waals surface area contributed by atoms with E-state index in [-0.39, 0.29) is 12.6 Å². The van der Waals surface area contributed by atoms with Gasteiger partial charge in [-0.05, 0) is 36.3 Å². The summed E-state index contributed by atoms with van der Waals surface area (Å²) in [6.07, 6.45) is 0. The summed E-state index contributed by atoms with van der Waals surface area (Å²) < 4.78 is 27.1. The smallest absolute Gasteiger partial charge is 0.339 e. The Kier molecular flexibility index (Phi) is 5.26. The van der Waals surface area contributed by atoms with Crippen molar-refractivity contribution in [1.82, 2.24) is 0 Å². The van der Waals surface area contributed by atoms with Crippen LogP contribution in [0, 0.1) is 0 Å². The van der Waals surface area contributed by atoms with Gasteiger partial charge in [-0.3, -0.25) is 0 Å². The summed E-state index contributed by atoms with van der Waals surface area (Å²) in [6, 6.07) is 9.30. The van der Waals surface area contributed by atoms with Crippen LogP contribution in [0.1, 0.15) is 23.6 Å². The molecule has 0 amide bonds. The molecular formula is C21H22O6. The number of ether oxygens (including phenoxy) is 5. The first kappa shape index (κ1) is 18.6. The molecule has 3 rings (SSSR count). The van der Waals surface area contributed by atoms with Gasteiger partial charge in [-0.1, -0.05) is 12.1 Å². The van der Waals surface area contributed by atoms with Gasteiger partial charge in [-0.2, -0.15) is 0 Å². The van der Waals surface area contributed by atoms with Crippen LogP contribution < -0.4 is 18.9 Å². The van der Waals surface area contributed by atoms with Crippen molar-refractivity contribution in [2.45, 2.75) is 13.5 Å². The van der Waals surface area contributed by atoms with E-state index >= 15 is 0 Å². The third-order valence-corrected chi connectivity index (χ3v) is 4.65. The lowest BCUT2D eigenvalue weighted by molar-refractivity contribution is -0.138. The van der Waals surface area contributed by atoms with Crippen molar-refractivity contribution < 1.29 is 28.5 Å². The maximum atomic E-state index is 12.6. The summed E-state index contributed by atoms with van der Waals surface area (Å²) >= 11 is 0. The van der Waals surface area contributed by atoms with Crippen LogP contribution in [0.4, 0.5) is 0 Å². The molecule has 0 saturated carbocycles. The molecule has 1 heterocycles. The molecule has 0 fully saturated rings. The molecule has 2 aromatic carbocycles. The number of allylic oxidation sites excluding steroid dienone is 1. The van der Waals surface area contributed by atoms with Gasteiger partial charge in [0.15, 0.2) is 11.5 Å². The van der Waals surface area contributed by atoms with E-state index in [1.54, 1.807) is 34.5 Å². The van der Waals surface area contributed by atoms with Gasteiger partial charge in [0.25, 0.3) is 0 Å². The SMILES string of the molecule is COc1ccc(/C(C)=C2/C(=O)OCc3c2cc(OC)c(OC)c3OC)cc1. The number of carbonyl (C=O) groups excluding carboxylic acids is 1. The number of carbonyl (C=O) groups is 1. The highest BCUT2D eigenvalue weighted by molar-refractivity contribution is 6.25. The quantitative estimate of drug-likeness (QED) is 0.591. The number of cyclic esters (lactones) is 1. The zero-order valence-corrected chi connectivity index (χ0v) is 16.0. The molecule has 0 radical (unpaired) electrons.